The quantitative estimate of drug-likeness (QED) is 0.766. The van der Waals surface area contributed by atoms with Crippen LogP contribution in [0.15, 0.2) is 18.3 Å². The van der Waals surface area contributed by atoms with Crippen molar-refractivity contribution in [3.05, 3.63) is 29.8 Å². The van der Waals surface area contributed by atoms with Crippen LogP contribution in [-0.4, -0.2) is 23.8 Å². The average molecular weight is 185 g/mol. The zero-order valence-electron chi connectivity index (χ0n) is 7.62. The summed E-state index contributed by atoms with van der Waals surface area (Å²) in [7, 11) is 1.48. The molecule has 0 bridgehead atoms. The summed E-state index contributed by atoms with van der Waals surface area (Å²) in [5.41, 5.74) is -0.765. The molecule has 0 aliphatic heterocycles. The maximum Gasteiger partial charge on any atom is 0.141 e. The van der Waals surface area contributed by atoms with Crippen molar-refractivity contribution < 1.29 is 14.2 Å². The Hall–Kier alpha value is -1.00. The lowest BCUT2D eigenvalue weighted by atomic mass is 10.0. The Balaban J connectivity index is 2.87. The molecule has 1 heterocycles. The zero-order valence-corrected chi connectivity index (χ0v) is 7.62. The van der Waals surface area contributed by atoms with Gasteiger partial charge < -0.3 is 9.84 Å². The highest BCUT2D eigenvalue weighted by Gasteiger charge is 2.24. The van der Waals surface area contributed by atoms with E-state index in [9.17, 15) is 9.50 Å². The SMILES string of the molecule is COCC(C)(O)c1ccc(F)cn1. The molecule has 0 fully saturated rings. The summed E-state index contributed by atoms with van der Waals surface area (Å²) in [5, 5.41) is 9.77. The lowest BCUT2D eigenvalue weighted by molar-refractivity contribution is -0.0240. The van der Waals surface area contributed by atoms with Crippen LogP contribution in [0.1, 0.15) is 12.6 Å². The number of methoxy groups -OCH3 is 1. The van der Waals surface area contributed by atoms with Crippen LogP contribution in [-0.2, 0) is 10.3 Å². The predicted octanol–water partition coefficient (Wildman–Crippen LogP) is 1.07. The molecule has 72 valence electrons. The lowest BCUT2D eigenvalue weighted by Gasteiger charge is -2.21. The van der Waals surface area contributed by atoms with E-state index in [0.717, 1.165) is 6.20 Å². The molecular weight excluding hydrogens is 173 g/mol. The van der Waals surface area contributed by atoms with Gasteiger partial charge in [-0.2, -0.15) is 0 Å². The van der Waals surface area contributed by atoms with Crippen molar-refractivity contribution in [2.75, 3.05) is 13.7 Å². The molecule has 1 N–H and O–H groups in total. The minimum Gasteiger partial charge on any atom is -0.381 e. The van der Waals surface area contributed by atoms with Gasteiger partial charge in [-0.25, -0.2) is 4.39 Å². The van der Waals surface area contributed by atoms with Crippen LogP contribution in [0.3, 0.4) is 0 Å². The molecule has 13 heavy (non-hydrogen) atoms. The van der Waals surface area contributed by atoms with Gasteiger partial charge in [-0.15, -0.1) is 0 Å². The number of aliphatic hydroxyl groups is 1. The van der Waals surface area contributed by atoms with E-state index in [1.165, 1.54) is 19.2 Å². The monoisotopic (exact) mass is 185 g/mol. The zero-order chi connectivity index (χ0) is 9.90. The maximum absolute atomic E-state index is 12.5. The topological polar surface area (TPSA) is 42.4 Å². The molecule has 0 amide bonds. The number of hydrogen-bond donors (Lipinski definition) is 1. The van der Waals surface area contributed by atoms with E-state index >= 15 is 0 Å². The smallest absolute Gasteiger partial charge is 0.141 e. The van der Waals surface area contributed by atoms with Crippen molar-refractivity contribution in [2.45, 2.75) is 12.5 Å². The highest BCUT2D eigenvalue weighted by Crippen LogP contribution is 2.18. The molecule has 0 saturated heterocycles. The second kappa shape index (κ2) is 3.81. The van der Waals surface area contributed by atoms with Gasteiger partial charge in [0.05, 0.1) is 18.5 Å². The first-order chi connectivity index (χ1) is 6.06. The highest BCUT2D eigenvalue weighted by molar-refractivity contribution is 5.12. The Morgan fingerprint density at radius 1 is 1.62 bits per heavy atom. The number of pyridine rings is 1. The van der Waals surface area contributed by atoms with Crippen LogP contribution >= 0.6 is 0 Å². The fraction of sp³-hybridized carbons (Fsp3) is 0.444. The van der Waals surface area contributed by atoms with Crippen molar-refractivity contribution >= 4 is 0 Å². The summed E-state index contributed by atoms with van der Waals surface area (Å²) in [6.45, 7) is 1.70. The summed E-state index contributed by atoms with van der Waals surface area (Å²) < 4.78 is 17.3. The molecule has 1 rings (SSSR count). The second-order valence-electron chi connectivity index (χ2n) is 3.07. The van der Waals surface area contributed by atoms with Gasteiger partial charge in [-0.05, 0) is 19.1 Å². The van der Waals surface area contributed by atoms with E-state index in [4.69, 9.17) is 4.74 Å². The van der Waals surface area contributed by atoms with Gasteiger partial charge in [0.1, 0.15) is 11.4 Å². The number of ether oxygens (including phenoxy) is 1. The highest BCUT2D eigenvalue weighted by atomic mass is 19.1. The van der Waals surface area contributed by atoms with Crippen molar-refractivity contribution in [1.29, 1.82) is 0 Å². The number of aromatic nitrogens is 1. The fourth-order valence-corrected chi connectivity index (χ4v) is 1.05. The minimum atomic E-state index is -1.16. The predicted molar refractivity (Wildman–Crippen MR) is 45.6 cm³/mol. The Morgan fingerprint density at radius 3 is 2.77 bits per heavy atom. The molecule has 4 heteroatoms. The van der Waals surface area contributed by atoms with E-state index in [2.05, 4.69) is 4.98 Å². The van der Waals surface area contributed by atoms with E-state index in [1.54, 1.807) is 6.92 Å². The first-order valence-electron chi connectivity index (χ1n) is 3.89. The average Bonchev–Trinajstić information content (AvgIpc) is 2.05. The standard InChI is InChI=1S/C9H12FNO2/c1-9(12,6-13-2)8-4-3-7(10)5-11-8/h3-5,12H,6H2,1-2H3. The van der Waals surface area contributed by atoms with Gasteiger partial charge in [0.2, 0.25) is 0 Å². The molecule has 0 aromatic carbocycles. The number of nitrogens with zero attached hydrogens (tertiary/aromatic N) is 1. The Bertz CT molecular complexity index is 271. The van der Waals surface area contributed by atoms with Gasteiger partial charge in [-0.3, -0.25) is 4.98 Å². The summed E-state index contributed by atoms with van der Waals surface area (Å²) in [5.74, 6) is -0.419. The number of hydrogen-bond acceptors (Lipinski definition) is 3. The van der Waals surface area contributed by atoms with E-state index in [-0.39, 0.29) is 6.61 Å². The molecule has 0 saturated carbocycles. The lowest BCUT2D eigenvalue weighted by Crippen LogP contribution is -2.28. The normalized spacial score (nSPS) is 15.4. The Morgan fingerprint density at radius 2 is 2.31 bits per heavy atom. The molecule has 1 aromatic heterocycles. The van der Waals surface area contributed by atoms with Crippen LogP contribution in [0, 0.1) is 5.82 Å². The van der Waals surface area contributed by atoms with Crippen LogP contribution in [0.4, 0.5) is 4.39 Å². The van der Waals surface area contributed by atoms with Crippen LogP contribution < -0.4 is 0 Å². The van der Waals surface area contributed by atoms with Crippen molar-refractivity contribution in [2.24, 2.45) is 0 Å². The third-order valence-electron chi connectivity index (χ3n) is 1.70. The number of rotatable bonds is 3. The molecule has 0 radical (unpaired) electrons. The first kappa shape index (κ1) is 10.1. The van der Waals surface area contributed by atoms with Gasteiger partial charge in [0.15, 0.2) is 0 Å². The molecule has 0 spiro atoms. The maximum atomic E-state index is 12.5. The Kier molecular flexibility index (Phi) is 2.95. The van der Waals surface area contributed by atoms with Crippen molar-refractivity contribution in [3.8, 4) is 0 Å². The van der Waals surface area contributed by atoms with Crippen LogP contribution in [0.2, 0.25) is 0 Å². The molecule has 1 aromatic rings. The summed E-state index contributed by atoms with van der Waals surface area (Å²) >= 11 is 0. The van der Waals surface area contributed by atoms with Gasteiger partial charge >= 0.3 is 0 Å². The van der Waals surface area contributed by atoms with E-state index in [1.807, 2.05) is 0 Å². The molecular formula is C9H12FNO2. The first-order valence-corrected chi connectivity index (χ1v) is 3.89. The minimum absolute atomic E-state index is 0.131. The molecule has 0 aliphatic carbocycles. The van der Waals surface area contributed by atoms with Gasteiger partial charge in [-0.1, -0.05) is 0 Å². The molecule has 3 nitrogen and oxygen atoms in total. The summed E-state index contributed by atoms with van der Waals surface area (Å²) in [6, 6.07) is 2.70. The summed E-state index contributed by atoms with van der Waals surface area (Å²) in [4.78, 5) is 3.76. The van der Waals surface area contributed by atoms with E-state index < -0.39 is 11.4 Å². The van der Waals surface area contributed by atoms with Gasteiger partial charge in [0, 0.05) is 7.11 Å². The van der Waals surface area contributed by atoms with Crippen LogP contribution in [0.25, 0.3) is 0 Å². The Labute approximate surface area is 76.2 Å². The fourth-order valence-electron chi connectivity index (χ4n) is 1.05. The van der Waals surface area contributed by atoms with E-state index in [0.29, 0.717) is 5.69 Å². The van der Waals surface area contributed by atoms with Gasteiger partial charge in [0.25, 0.3) is 0 Å². The largest absolute Gasteiger partial charge is 0.381 e. The number of halogens is 1. The second-order valence-corrected chi connectivity index (χ2v) is 3.07. The molecule has 1 unspecified atom stereocenters. The summed E-state index contributed by atoms with van der Waals surface area (Å²) in [6.07, 6.45) is 1.07. The third-order valence-corrected chi connectivity index (χ3v) is 1.70. The molecule has 0 aliphatic rings. The molecule has 1 atom stereocenters. The third kappa shape index (κ3) is 2.47. The van der Waals surface area contributed by atoms with Crippen LogP contribution in [0.5, 0.6) is 0 Å². The van der Waals surface area contributed by atoms with Crippen molar-refractivity contribution in [3.63, 3.8) is 0 Å². The van der Waals surface area contributed by atoms with Crippen molar-refractivity contribution in [1.82, 2.24) is 4.98 Å².